The van der Waals surface area contributed by atoms with Crippen molar-refractivity contribution in [3.8, 4) is 0 Å². The summed E-state index contributed by atoms with van der Waals surface area (Å²) in [5.41, 5.74) is 1.66. The van der Waals surface area contributed by atoms with Crippen molar-refractivity contribution in [3.63, 3.8) is 0 Å². The number of aliphatic carboxylic acids is 1. The molecule has 0 saturated heterocycles. The van der Waals surface area contributed by atoms with Gasteiger partial charge in [0.25, 0.3) is 0 Å². The number of rotatable bonds is 4. The van der Waals surface area contributed by atoms with Crippen LogP contribution in [-0.4, -0.2) is 11.1 Å². The minimum atomic E-state index is -0.850. The summed E-state index contributed by atoms with van der Waals surface area (Å²) in [5, 5.41) is 8.75. The van der Waals surface area contributed by atoms with E-state index >= 15 is 0 Å². The van der Waals surface area contributed by atoms with Crippen LogP contribution in [0.5, 0.6) is 0 Å². The van der Waals surface area contributed by atoms with E-state index in [1.54, 1.807) is 6.92 Å². The van der Waals surface area contributed by atoms with E-state index in [1.807, 2.05) is 13.0 Å². The second kappa shape index (κ2) is 4.91. The third-order valence-electron chi connectivity index (χ3n) is 2.39. The van der Waals surface area contributed by atoms with Crippen molar-refractivity contribution < 1.29 is 14.3 Å². The summed E-state index contributed by atoms with van der Waals surface area (Å²) >= 11 is 0. The molecule has 0 aliphatic rings. The number of carboxylic acid groups (broad SMARTS) is 1. The van der Waals surface area contributed by atoms with Crippen molar-refractivity contribution in [1.82, 2.24) is 0 Å². The maximum Gasteiger partial charge on any atom is 0.306 e. The molecule has 1 aromatic carbocycles. The van der Waals surface area contributed by atoms with Crippen LogP contribution in [0.1, 0.15) is 25.0 Å². The van der Waals surface area contributed by atoms with Crippen LogP contribution in [0.2, 0.25) is 0 Å². The molecule has 0 saturated carbocycles. The average molecular weight is 210 g/mol. The highest BCUT2D eigenvalue weighted by molar-refractivity contribution is 5.69. The number of hydrogen-bond donors (Lipinski definition) is 1. The molecule has 0 bridgehead atoms. The van der Waals surface area contributed by atoms with Crippen molar-refractivity contribution >= 4 is 5.97 Å². The third kappa shape index (κ3) is 3.35. The topological polar surface area (TPSA) is 37.3 Å². The van der Waals surface area contributed by atoms with Gasteiger partial charge in [-0.1, -0.05) is 19.9 Å². The molecule has 0 spiro atoms. The van der Waals surface area contributed by atoms with Crippen LogP contribution in [-0.2, 0) is 17.6 Å². The fourth-order valence-corrected chi connectivity index (χ4v) is 1.48. The lowest BCUT2D eigenvalue weighted by Crippen LogP contribution is -2.12. The molecular weight excluding hydrogens is 195 g/mol. The lowest BCUT2D eigenvalue weighted by Gasteiger charge is -2.08. The molecule has 82 valence electrons. The van der Waals surface area contributed by atoms with Gasteiger partial charge in [-0.05, 0) is 36.1 Å². The third-order valence-corrected chi connectivity index (χ3v) is 2.39. The Balaban J connectivity index is 2.85. The minimum Gasteiger partial charge on any atom is -0.481 e. The zero-order valence-electron chi connectivity index (χ0n) is 8.96. The molecule has 0 heterocycles. The number of hydrogen-bond acceptors (Lipinski definition) is 1. The van der Waals surface area contributed by atoms with Crippen molar-refractivity contribution in [2.75, 3.05) is 0 Å². The van der Waals surface area contributed by atoms with Crippen LogP contribution in [0, 0.1) is 11.7 Å². The Kier molecular flexibility index (Phi) is 3.83. The van der Waals surface area contributed by atoms with Gasteiger partial charge in [0, 0.05) is 0 Å². The van der Waals surface area contributed by atoms with E-state index < -0.39 is 11.9 Å². The summed E-state index contributed by atoms with van der Waals surface area (Å²) in [5.74, 6) is -1.62. The van der Waals surface area contributed by atoms with Gasteiger partial charge in [0.15, 0.2) is 0 Å². The number of halogens is 1. The number of carboxylic acids is 1. The zero-order chi connectivity index (χ0) is 11.4. The van der Waals surface area contributed by atoms with Crippen LogP contribution < -0.4 is 0 Å². The molecule has 0 amide bonds. The monoisotopic (exact) mass is 210 g/mol. The maximum atomic E-state index is 13.1. The van der Waals surface area contributed by atoms with Crippen LogP contribution >= 0.6 is 0 Å². The van der Waals surface area contributed by atoms with Crippen LogP contribution in [0.4, 0.5) is 4.39 Å². The van der Waals surface area contributed by atoms with Gasteiger partial charge in [-0.2, -0.15) is 0 Å². The summed E-state index contributed by atoms with van der Waals surface area (Å²) in [7, 11) is 0. The van der Waals surface area contributed by atoms with Crippen molar-refractivity contribution in [2.45, 2.75) is 26.7 Å². The highest BCUT2D eigenvalue weighted by Crippen LogP contribution is 2.14. The van der Waals surface area contributed by atoms with E-state index in [1.165, 1.54) is 12.1 Å². The summed E-state index contributed by atoms with van der Waals surface area (Å²) in [4.78, 5) is 10.6. The summed E-state index contributed by atoms with van der Waals surface area (Å²) in [6.45, 7) is 3.57. The average Bonchev–Trinajstić information content (AvgIpc) is 2.16. The standard InChI is InChI=1S/C12H15FO2/c1-3-9-5-10(7-11(13)6-9)4-8(2)12(14)15/h5-8H,3-4H2,1-2H3,(H,14,15). The van der Waals surface area contributed by atoms with Crippen LogP contribution in [0.25, 0.3) is 0 Å². The van der Waals surface area contributed by atoms with Crippen molar-refractivity contribution in [1.29, 1.82) is 0 Å². The van der Waals surface area contributed by atoms with Gasteiger partial charge in [-0.25, -0.2) is 4.39 Å². The van der Waals surface area contributed by atoms with Gasteiger partial charge in [0.2, 0.25) is 0 Å². The fourth-order valence-electron chi connectivity index (χ4n) is 1.48. The summed E-state index contributed by atoms with van der Waals surface area (Å²) in [6.07, 6.45) is 1.13. The molecule has 0 aliphatic carbocycles. The molecule has 0 aromatic heterocycles. The molecule has 1 unspecified atom stereocenters. The van der Waals surface area contributed by atoms with E-state index in [0.717, 1.165) is 17.5 Å². The molecule has 0 aliphatic heterocycles. The zero-order valence-corrected chi connectivity index (χ0v) is 8.96. The summed E-state index contributed by atoms with van der Waals surface area (Å²) in [6, 6.07) is 4.75. The Morgan fingerprint density at radius 3 is 2.53 bits per heavy atom. The van der Waals surface area contributed by atoms with Gasteiger partial charge in [-0.3, -0.25) is 4.79 Å². The lowest BCUT2D eigenvalue weighted by molar-refractivity contribution is -0.141. The maximum absolute atomic E-state index is 13.1. The second-order valence-corrected chi connectivity index (χ2v) is 3.76. The Morgan fingerprint density at radius 1 is 1.40 bits per heavy atom. The molecule has 1 N–H and O–H groups in total. The molecule has 15 heavy (non-hydrogen) atoms. The van der Waals surface area contributed by atoms with E-state index in [4.69, 9.17) is 5.11 Å². The number of aryl methyl sites for hydroxylation is 1. The van der Waals surface area contributed by atoms with E-state index in [2.05, 4.69) is 0 Å². The van der Waals surface area contributed by atoms with Gasteiger partial charge in [0.05, 0.1) is 5.92 Å². The summed E-state index contributed by atoms with van der Waals surface area (Å²) < 4.78 is 13.1. The first-order valence-corrected chi connectivity index (χ1v) is 5.04. The smallest absolute Gasteiger partial charge is 0.306 e. The molecule has 1 atom stereocenters. The molecular formula is C12H15FO2. The highest BCUT2D eigenvalue weighted by atomic mass is 19.1. The predicted octanol–water partition coefficient (Wildman–Crippen LogP) is 2.65. The highest BCUT2D eigenvalue weighted by Gasteiger charge is 2.12. The lowest BCUT2D eigenvalue weighted by atomic mass is 9.99. The van der Waals surface area contributed by atoms with E-state index in [-0.39, 0.29) is 5.82 Å². The van der Waals surface area contributed by atoms with Gasteiger partial charge < -0.3 is 5.11 Å². The Hall–Kier alpha value is -1.38. The molecule has 1 rings (SSSR count). The number of benzene rings is 1. The van der Waals surface area contributed by atoms with Crippen molar-refractivity contribution in [3.05, 3.63) is 35.1 Å². The Morgan fingerprint density at radius 2 is 2.00 bits per heavy atom. The van der Waals surface area contributed by atoms with Gasteiger partial charge in [-0.15, -0.1) is 0 Å². The first-order valence-electron chi connectivity index (χ1n) is 5.04. The first-order chi connectivity index (χ1) is 7.02. The fraction of sp³-hybridized carbons (Fsp3) is 0.417. The molecule has 0 radical (unpaired) electrons. The normalized spacial score (nSPS) is 12.5. The SMILES string of the molecule is CCc1cc(F)cc(CC(C)C(=O)O)c1. The van der Waals surface area contributed by atoms with E-state index in [9.17, 15) is 9.18 Å². The van der Waals surface area contributed by atoms with Gasteiger partial charge in [0.1, 0.15) is 5.82 Å². The quantitative estimate of drug-likeness (QED) is 0.829. The second-order valence-electron chi connectivity index (χ2n) is 3.76. The predicted molar refractivity (Wildman–Crippen MR) is 56.3 cm³/mol. The van der Waals surface area contributed by atoms with E-state index in [0.29, 0.717) is 6.42 Å². The molecule has 1 aromatic rings. The molecule has 0 fully saturated rings. The molecule has 2 nitrogen and oxygen atoms in total. The number of carbonyl (C=O) groups is 1. The van der Waals surface area contributed by atoms with Crippen molar-refractivity contribution in [2.24, 2.45) is 5.92 Å². The largest absolute Gasteiger partial charge is 0.481 e. The minimum absolute atomic E-state index is 0.290. The Labute approximate surface area is 88.7 Å². The molecule has 3 heteroatoms. The van der Waals surface area contributed by atoms with Gasteiger partial charge >= 0.3 is 5.97 Å². The van der Waals surface area contributed by atoms with Crippen LogP contribution in [0.3, 0.4) is 0 Å². The first kappa shape index (κ1) is 11.7. The van der Waals surface area contributed by atoms with Crippen LogP contribution in [0.15, 0.2) is 18.2 Å². The Bertz CT molecular complexity index is 361.